The molecular formula is C11H16BrNOS. The minimum absolute atomic E-state index is 0.222. The van der Waals surface area contributed by atoms with Crippen LogP contribution in [0.3, 0.4) is 0 Å². The summed E-state index contributed by atoms with van der Waals surface area (Å²) in [5, 5.41) is 0. The first-order chi connectivity index (χ1) is 7.17. The van der Waals surface area contributed by atoms with Gasteiger partial charge in [-0.25, -0.2) is 0 Å². The highest BCUT2D eigenvalue weighted by Crippen LogP contribution is 2.25. The van der Waals surface area contributed by atoms with Crippen molar-refractivity contribution in [1.29, 1.82) is 0 Å². The molecule has 0 fully saturated rings. The molecule has 0 spiro atoms. The van der Waals surface area contributed by atoms with E-state index in [0.29, 0.717) is 0 Å². The van der Waals surface area contributed by atoms with E-state index in [1.165, 1.54) is 5.56 Å². The van der Waals surface area contributed by atoms with Gasteiger partial charge in [-0.05, 0) is 46.3 Å². The van der Waals surface area contributed by atoms with Crippen molar-refractivity contribution < 1.29 is 4.74 Å². The standard InChI is InChI=1S/C11H16BrNOS/c1-14-11-4-3-8(6-10(11)12)5-9(13)7-15-2/h3-4,6,9H,5,7,13H2,1-2H3. The van der Waals surface area contributed by atoms with E-state index in [-0.39, 0.29) is 6.04 Å². The number of methoxy groups -OCH3 is 1. The van der Waals surface area contributed by atoms with Crippen molar-refractivity contribution >= 4 is 27.7 Å². The molecule has 0 radical (unpaired) electrons. The maximum atomic E-state index is 5.97. The molecule has 0 saturated carbocycles. The summed E-state index contributed by atoms with van der Waals surface area (Å²) < 4.78 is 6.16. The van der Waals surface area contributed by atoms with E-state index in [4.69, 9.17) is 10.5 Å². The maximum Gasteiger partial charge on any atom is 0.133 e. The van der Waals surface area contributed by atoms with Gasteiger partial charge < -0.3 is 10.5 Å². The summed E-state index contributed by atoms with van der Waals surface area (Å²) in [4.78, 5) is 0. The van der Waals surface area contributed by atoms with Crippen LogP contribution < -0.4 is 10.5 Å². The summed E-state index contributed by atoms with van der Waals surface area (Å²) in [5.41, 5.74) is 7.21. The molecule has 15 heavy (non-hydrogen) atoms. The molecule has 0 aliphatic rings. The van der Waals surface area contributed by atoms with Crippen LogP contribution in [0, 0.1) is 0 Å². The quantitative estimate of drug-likeness (QED) is 0.905. The van der Waals surface area contributed by atoms with Gasteiger partial charge in [0.2, 0.25) is 0 Å². The molecule has 0 aliphatic heterocycles. The van der Waals surface area contributed by atoms with Gasteiger partial charge in [0.1, 0.15) is 5.75 Å². The van der Waals surface area contributed by atoms with Gasteiger partial charge in [-0.2, -0.15) is 11.8 Å². The summed E-state index contributed by atoms with van der Waals surface area (Å²) in [6, 6.07) is 6.31. The van der Waals surface area contributed by atoms with Gasteiger partial charge in [0.25, 0.3) is 0 Å². The monoisotopic (exact) mass is 289 g/mol. The topological polar surface area (TPSA) is 35.2 Å². The van der Waals surface area contributed by atoms with Crippen LogP contribution in [0.2, 0.25) is 0 Å². The van der Waals surface area contributed by atoms with Crippen LogP contribution in [0.25, 0.3) is 0 Å². The summed E-state index contributed by atoms with van der Waals surface area (Å²) in [6.07, 6.45) is 2.98. The number of ether oxygens (including phenoxy) is 1. The molecule has 1 rings (SSSR count). The van der Waals surface area contributed by atoms with Crippen LogP contribution in [0.5, 0.6) is 5.75 Å². The van der Waals surface area contributed by atoms with Gasteiger partial charge in [0.15, 0.2) is 0 Å². The van der Waals surface area contributed by atoms with E-state index < -0.39 is 0 Å². The molecule has 0 heterocycles. The Morgan fingerprint density at radius 3 is 2.80 bits per heavy atom. The second kappa shape index (κ2) is 6.40. The number of thioether (sulfide) groups is 1. The molecule has 2 nitrogen and oxygen atoms in total. The zero-order valence-electron chi connectivity index (χ0n) is 9.00. The fourth-order valence-electron chi connectivity index (χ4n) is 1.41. The number of nitrogens with two attached hydrogens (primary N) is 1. The lowest BCUT2D eigenvalue weighted by Gasteiger charge is -2.11. The summed E-state index contributed by atoms with van der Waals surface area (Å²) in [6.45, 7) is 0. The summed E-state index contributed by atoms with van der Waals surface area (Å²) in [5.74, 6) is 1.85. The van der Waals surface area contributed by atoms with E-state index in [2.05, 4.69) is 34.3 Å². The van der Waals surface area contributed by atoms with Crippen LogP contribution in [0.1, 0.15) is 5.56 Å². The zero-order chi connectivity index (χ0) is 11.3. The van der Waals surface area contributed by atoms with E-state index in [0.717, 1.165) is 22.4 Å². The number of hydrogen-bond acceptors (Lipinski definition) is 3. The normalized spacial score (nSPS) is 12.5. The zero-order valence-corrected chi connectivity index (χ0v) is 11.4. The van der Waals surface area contributed by atoms with Crippen molar-refractivity contribution in [3.05, 3.63) is 28.2 Å². The van der Waals surface area contributed by atoms with E-state index >= 15 is 0 Å². The largest absolute Gasteiger partial charge is 0.496 e. The molecule has 0 bridgehead atoms. The summed E-state index contributed by atoms with van der Waals surface area (Å²) in [7, 11) is 1.67. The highest BCUT2D eigenvalue weighted by atomic mass is 79.9. The van der Waals surface area contributed by atoms with E-state index in [1.54, 1.807) is 18.9 Å². The Balaban J connectivity index is 2.66. The second-order valence-electron chi connectivity index (χ2n) is 3.39. The molecule has 1 aromatic carbocycles. The lowest BCUT2D eigenvalue weighted by Crippen LogP contribution is -2.25. The van der Waals surface area contributed by atoms with Crippen molar-refractivity contribution in [3.63, 3.8) is 0 Å². The van der Waals surface area contributed by atoms with Crippen LogP contribution in [0.15, 0.2) is 22.7 Å². The first-order valence-electron chi connectivity index (χ1n) is 4.74. The first kappa shape index (κ1) is 12.9. The molecular weight excluding hydrogens is 274 g/mol. The first-order valence-corrected chi connectivity index (χ1v) is 6.93. The second-order valence-corrected chi connectivity index (χ2v) is 5.15. The molecule has 1 aromatic rings. The molecule has 0 aromatic heterocycles. The Hall–Kier alpha value is -0.190. The predicted octanol–water partition coefficient (Wildman–Crippen LogP) is 2.69. The van der Waals surface area contributed by atoms with E-state index in [1.807, 2.05) is 6.07 Å². The number of benzene rings is 1. The third-order valence-corrected chi connectivity index (χ3v) is 3.48. The Morgan fingerprint density at radius 2 is 2.27 bits per heavy atom. The highest BCUT2D eigenvalue weighted by molar-refractivity contribution is 9.10. The van der Waals surface area contributed by atoms with Crippen LogP contribution in [-0.2, 0) is 6.42 Å². The fourth-order valence-corrected chi connectivity index (χ4v) is 2.55. The van der Waals surface area contributed by atoms with Crippen molar-refractivity contribution in [1.82, 2.24) is 0 Å². The smallest absolute Gasteiger partial charge is 0.133 e. The molecule has 84 valence electrons. The molecule has 1 unspecified atom stereocenters. The number of rotatable bonds is 5. The van der Waals surface area contributed by atoms with Gasteiger partial charge in [-0.15, -0.1) is 0 Å². The Bertz CT molecular complexity index is 319. The summed E-state index contributed by atoms with van der Waals surface area (Å²) >= 11 is 5.24. The van der Waals surface area contributed by atoms with Crippen molar-refractivity contribution in [2.24, 2.45) is 5.73 Å². The highest BCUT2D eigenvalue weighted by Gasteiger charge is 2.06. The molecule has 2 N–H and O–H groups in total. The van der Waals surface area contributed by atoms with Gasteiger partial charge in [-0.3, -0.25) is 0 Å². The molecule has 0 saturated heterocycles. The number of halogens is 1. The van der Waals surface area contributed by atoms with Gasteiger partial charge >= 0.3 is 0 Å². The average molecular weight is 290 g/mol. The lowest BCUT2D eigenvalue weighted by molar-refractivity contribution is 0.412. The van der Waals surface area contributed by atoms with Crippen molar-refractivity contribution in [3.8, 4) is 5.75 Å². The van der Waals surface area contributed by atoms with Gasteiger partial charge in [-0.1, -0.05) is 6.07 Å². The van der Waals surface area contributed by atoms with Gasteiger partial charge in [0, 0.05) is 11.8 Å². The molecule has 0 amide bonds. The molecule has 1 atom stereocenters. The fraction of sp³-hybridized carbons (Fsp3) is 0.455. The Labute approximate surface area is 104 Å². The Kier molecular flexibility index (Phi) is 5.50. The average Bonchev–Trinajstić information content (AvgIpc) is 2.18. The van der Waals surface area contributed by atoms with Gasteiger partial charge in [0.05, 0.1) is 11.6 Å². The molecule has 4 heteroatoms. The van der Waals surface area contributed by atoms with Crippen LogP contribution in [0.4, 0.5) is 0 Å². The minimum atomic E-state index is 0.222. The molecule has 0 aliphatic carbocycles. The third kappa shape index (κ3) is 4.05. The Morgan fingerprint density at radius 1 is 1.53 bits per heavy atom. The SMILES string of the molecule is COc1ccc(CC(N)CSC)cc1Br. The number of hydrogen-bond donors (Lipinski definition) is 1. The van der Waals surface area contributed by atoms with Crippen LogP contribution >= 0.6 is 27.7 Å². The lowest BCUT2D eigenvalue weighted by atomic mass is 10.1. The predicted molar refractivity (Wildman–Crippen MR) is 70.8 cm³/mol. The maximum absolute atomic E-state index is 5.97. The van der Waals surface area contributed by atoms with E-state index in [9.17, 15) is 0 Å². The minimum Gasteiger partial charge on any atom is -0.496 e. The van der Waals surface area contributed by atoms with Crippen molar-refractivity contribution in [2.75, 3.05) is 19.1 Å². The van der Waals surface area contributed by atoms with Crippen molar-refractivity contribution in [2.45, 2.75) is 12.5 Å². The van der Waals surface area contributed by atoms with Crippen LogP contribution in [-0.4, -0.2) is 25.2 Å². The third-order valence-electron chi connectivity index (χ3n) is 2.09.